The number of nitrogens with zero attached hydrogens (tertiary/aromatic N) is 4. The summed E-state index contributed by atoms with van der Waals surface area (Å²) in [6, 6.07) is 8.07. The van der Waals surface area contributed by atoms with Crippen LogP contribution in [0.2, 0.25) is 0 Å². The predicted molar refractivity (Wildman–Crippen MR) is 333 cm³/mol. The third-order valence-electron chi connectivity index (χ3n) is 17.8. The first-order valence-electron chi connectivity index (χ1n) is 33.8. The molecule has 20 nitrogen and oxygen atoms in total. The van der Waals surface area contributed by atoms with Gasteiger partial charge < -0.3 is 50.0 Å². The molecule has 2 saturated carbocycles. The van der Waals surface area contributed by atoms with Crippen LogP contribution in [-0.2, 0) is 60.6 Å². The lowest BCUT2D eigenvalue weighted by atomic mass is 9.83. The SMILES string of the molecule is [2HH].[2H]CN(C(=O)OC(C)(C)C)[C@@H](C)C(=O)N[C@H](C(=O)N1CCC[C@H]1C(=O)N[C@H]1c2ccccc2C[C@H]1OCC#CC#CCO[C@@H]1Cc2ccccc2[C@@H]1NC(=O)[C@@H]1CCCN1C(=O)[C@@H](NC(=O)[C@H](C)N(C(=O)OC(C)(C)C)[13C]([2H])([2H])[2H])C1CCCCC1)C1CCCCC1. The molecular weight excluding hydrogens is 1120 g/mol. The number of carbonyl (C=O) groups excluding carboxylic acids is 8. The van der Waals surface area contributed by atoms with E-state index in [-0.39, 0.29) is 50.7 Å². The monoisotopic (exact) mass is 1220 g/mol. The first-order valence-corrected chi connectivity index (χ1v) is 31.6. The van der Waals surface area contributed by atoms with Crippen LogP contribution in [0.1, 0.15) is 187 Å². The summed E-state index contributed by atoms with van der Waals surface area (Å²) in [4.78, 5) is 117. The standard InChI is InChI=1S/C68H94N8O12.H2/c1-43(73(9)65(83)87-67(3,4)5)59(77)69-55(45-27-15-13-16-28-45)63(81)75-37-25-35-51(75)61(79)71-57-49-33-21-19-31-47(49)41-53(57)85-39-23-11-12-24-40-86-54-42-48-32-20-22-34-50(48)58(54)72-62(80)52-36-26-38-76(52)64(82)56(46-29-17-14-18-30-46)70-60(78)44(2)74(10)66(84)88-68(6,7)8;/h19-22,31-34,43-46,51-58H,13-18,25-30,35-42H2,1-10H3,(H,69,77)(H,70,78)(H,71,79)(H,72,80);1H/t43-,44-,51-,52-,53+,54+,55-,56-,57-,58-;/m0./s1/i9D,10+1D3;1+1. The summed E-state index contributed by atoms with van der Waals surface area (Å²) in [6.07, 6.45) is 8.05. The van der Waals surface area contributed by atoms with Crippen molar-refractivity contribution in [3.8, 4) is 23.7 Å². The van der Waals surface area contributed by atoms with E-state index in [2.05, 4.69) is 44.9 Å². The molecule has 4 aliphatic carbocycles. The molecule has 0 unspecified atom stereocenters. The minimum Gasteiger partial charge on any atom is -0.444 e. The topological polar surface area (TPSA) is 235 Å². The Morgan fingerprint density at radius 3 is 1.38 bits per heavy atom. The van der Waals surface area contributed by atoms with E-state index in [0.717, 1.165) is 65.7 Å². The zero-order chi connectivity index (χ0) is 66.7. The molecule has 20 heteroatoms. The molecule has 8 rings (SSSR count). The van der Waals surface area contributed by atoms with Crippen molar-refractivity contribution in [2.75, 3.05) is 40.3 Å². The number of nitrogens with one attached hydrogen (secondary N) is 4. The summed E-state index contributed by atoms with van der Waals surface area (Å²) in [5, 5.41) is 12.2. The highest BCUT2D eigenvalue weighted by Crippen LogP contribution is 2.37. The van der Waals surface area contributed by atoms with Crippen molar-refractivity contribution in [3.05, 3.63) is 70.8 Å². The van der Waals surface area contributed by atoms with E-state index in [4.69, 9.17) is 24.4 Å². The molecule has 8 amide bonds. The van der Waals surface area contributed by atoms with Gasteiger partial charge in [-0.2, -0.15) is 0 Å². The summed E-state index contributed by atoms with van der Waals surface area (Å²) < 4.78 is 55.9. The Balaban J connectivity index is 0.0000123. The molecule has 0 radical (unpaired) electrons. The molecule has 2 aromatic rings. The van der Waals surface area contributed by atoms with E-state index >= 15 is 0 Å². The van der Waals surface area contributed by atoms with Crippen molar-refractivity contribution in [1.29, 1.82) is 0 Å². The molecule has 6 aliphatic rings. The average molecular weight is 1220 g/mol. The molecule has 0 aromatic heterocycles. The van der Waals surface area contributed by atoms with Crippen molar-refractivity contribution in [2.45, 2.75) is 230 Å². The fraction of sp³-hybridized carbons (Fsp3) is 0.647. The fourth-order valence-corrected chi connectivity index (χ4v) is 13.1. The first kappa shape index (κ1) is 61.1. The van der Waals surface area contributed by atoms with Gasteiger partial charge in [0.05, 0.1) is 24.3 Å². The summed E-state index contributed by atoms with van der Waals surface area (Å²) in [5.41, 5.74) is 1.88. The van der Waals surface area contributed by atoms with E-state index in [1.54, 1.807) is 46.4 Å². The fourth-order valence-electron chi connectivity index (χ4n) is 13.1. The molecule has 480 valence electrons. The van der Waals surface area contributed by atoms with Gasteiger partial charge in [0.1, 0.15) is 60.7 Å². The summed E-state index contributed by atoms with van der Waals surface area (Å²) in [6.45, 7) is 10.2. The van der Waals surface area contributed by atoms with Crippen LogP contribution in [0.15, 0.2) is 48.5 Å². The highest BCUT2D eigenvalue weighted by molar-refractivity contribution is 5.96. The smallest absolute Gasteiger partial charge is 0.410 e. The second kappa shape index (κ2) is 29.9. The number of hydrogen-bond acceptors (Lipinski definition) is 12. The van der Waals surface area contributed by atoms with Gasteiger partial charge in [-0.1, -0.05) is 98.9 Å². The molecule has 2 aromatic carbocycles. The van der Waals surface area contributed by atoms with Crippen LogP contribution in [-0.4, -0.2) is 167 Å². The van der Waals surface area contributed by atoms with Crippen LogP contribution < -0.4 is 21.3 Å². The van der Waals surface area contributed by atoms with Crippen LogP contribution in [0.4, 0.5) is 9.59 Å². The maximum Gasteiger partial charge on any atom is 0.410 e. The van der Waals surface area contributed by atoms with Crippen molar-refractivity contribution in [1.82, 2.24) is 40.9 Å². The Kier molecular flexibility index (Phi) is 20.8. The van der Waals surface area contributed by atoms with E-state index in [9.17, 15) is 38.4 Å². The number of likely N-dealkylation sites (tertiary alicyclic amines) is 2. The Labute approximate surface area is 527 Å². The number of rotatable bonds is 18. The zero-order valence-electron chi connectivity index (χ0n) is 56.6. The molecule has 88 heavy (non-hydrogen) atoms. The Bertz CT molecular complexity index is 3120. The van der Waals surface area contributed by atoms with Crippen molar-refractivity contribution in [2.24, 2.45) is 11.8 Å². The van der Waals surface area contributed by atoms with E-state index < -0.39 is 116 Å². The van der Waals surface area contributed by atoms with Crippen LogP contribution >= 0.6 is 0 Å². The minimum atomic E-state index is -3.03. The molecule has 4 N–H and O–H groups in total. The van der Waals surface area contributed by atoms with Gasteiger partial charge in [-0.15, -0.1) is 0 Å². The Hall–Kier alpha value is -7.16. The van der Waals surface area contributed by atoms with Gasteiger partial charge in [-0.05, 0) is 153 Å². The highest BCUT2D eigenvalue weighted by atomic mass is 16.6. The van der Waals surface area contributed by atoms with E-state index in [0.29, 0.717) is 75.7 Å². The lowest BCUT2D eigenvalue weighted by Crippen LogP contribution is -2.59. The Morgan fingerprint density at radius 2 is 0.977 bits per heavy atom. The molecule has 0 bridgehead atoms. The zero-order valence-corrected chi connectivity index (χ0v) is 52.6. The lowest BCUT2D eigenvalue weighted by Gasteiger charge is -2.36. The molecule has 2 saturated heterocycles. The van der Waals surface area contributed by atoms with Gasteiger partial charge in [0.15, 0.2) is 0 Å². The van der Waals surface area contributed by atoms with Gasteiger partial charge in [-0.25, -0.2) is 9.59 Å². The van der Waals surface area contributed by atoms with E-state index in [1.165, 1.54) is 18.7 Å². The maximum atomic E-state index is 14.8. The number of ether oxygens (including phenoxy) is 4. The van der Waals surface area contributed by atoms with Gasteiger partial charge in [0.2, 0.25) is 35.4 Å². The van der Waals surface area contributed by atoms with Crippen LogP contribution in [0.25, 0.3) is 0 Å². The summed E-state index contributed by atoms with van der Waals surface area (Å²) >= 11 is 0. The van der Waals surface area contributed by atoms with Gasteiger partial charge >= 0.3 is 12.2 Å². The molecule has 10 atom stereocenters. The molecular formula is C68H96N8O12. The molecule has 2 aliphatic heterocycles. The highest BCUT2D eigenvalue weighted by Gasteiger charge is 2.46. The number of amides is 8. The number of benzene rings is 2. The first-order chi connectivity index (χ1) is 43.6. The molecule has 4 fully saturated rings. The number of carbonyl (C=O) groups is 8. The van der Waals surface area contributed by atoms with Crippen LogP contribution in [0.5, 0.6) is 0 Å². The van der Waals surface area contributed by atoms with Crippen molar-refractivity contribution >= 4 is 47.6 Å². The quantitative estimate of drug-likeness (QED) is 0.0842. The van der Waals surface area contributed by atoms with Gasteiger partial charge in [0, 0.05) is 46.8 Å². The number of hydrogen-bond donors (Lipinski definition) is 4. The van der Waals surface area contributed by atoms with Gasteiger partial charge in [-0.3, -0.25) is 38.6 Å². The summed E-state index contributed by atoms with van der Waals surface area (Å²) in [7, 11) is -0.524. The molecule has 2 heterocycles. The largest absolute Gasteiger partial charge is 0.444 e. The number of likely N-dealkylation sites (N-methyl/N-ethyl adjacent to an activating group) is 2. The van der Waals surface area contributed by atoms with Crippen LogP contribution in [0, 0.1) is 35.5 Å². The van der Waals surface area contributed by atoms with Crippen molar-refractivity contribution in [3.63, 3.8) is 0 Å². The predicted octanol–water partition coefficient (Wildman–Crippen LogP) is 7.46. The average Bonchev–Trinajstić information content (AvgIpc) is 1.78. The van der Waals surface area contributed by atoms with Gasteiger partial charge in [0.25, 0.3) is 0 Å². The van der Waals surface area contributed by atoms with Crippen LogP contribution in [0.3, 0.4) is 0 Å². The maximum absolute atomic E-state index is 14.8. The summed E-state index contributed by atoms with van der Waals surface area (Å²) in [5.74, 6) is 8.29. The third-order valence-corrected chi connectivity index (χ3v) is 17.8. The lowest BCUT2D eigenvalue weighted by molar-refractivity contribution is -0.144. The normalized spacial score (nSPS) is 24.0. The van der Waals surface area contributed by atoms with Crippen molar-refractivity contribution < 1.29 is 64.2 Å². The number of fused-ring (bicyclic) bond motifs is 2. The second-order valence-electron chi connectivity index (χ2n) is 26.4. The Morgan fingerprint density at radius 1 is 0.580 bits per heavy atom. The second-order valence-corrected chi connectivity index (χ2v) is 26.4. The molecule has 0 spiro atoms. The van der Waals surface area contributed by atoms with E-state index in [1.807, 2.05) is 48.5 Å². The minimum absolute atomic E-state index is 0. The third kappa shape index (κ3) is 17.0.